The molecule has 2 aromatic heterocycles. The molecule has 4 nitrogen and oxygen atoms in total. The summed E-state index contributed by atoms with van der Waals surface area (Å²) in [6.07, 6.45) is 3.98. The number of carbonyl (C=O) groups is 1. The average Bonchev–Trinajstić information content (AvgIpc) is 3.34. The predicted molar refractivity (Wildman–Crippen MR) is 99.7 cm³/mol. The smallest absolute Gasteiger partial charge is 0.256 e. The van der Waals surface area contributed by atoms with Crippen LogP contribution in [0.4, 0.5) is 4.39 Å². The fourth-order valence-corrected chi connectivity index (χ4v) is 4.36. The first kappa shape index (κ1) is 17.0. The molecule has 0 spiro atoms. The van der Waals surface area contributed by atoms with Gasteiger partial charge in [-0.05, 0) is 43.2 Å². The van der Waals surface area contributed by atoms with Gasteiger partial charge in [-0.3, -0.25) is 4.79 Å². The lowest BCUT2D eigenvalue weighted by atomic mass is 9.93. The SMILES string of the molecule is Cc1ccc(-c2c[nH]cc2C(=O)N2CCC(O)(c3ccc(F)cc3)C2)s1. The van der Waals surface area contributed by atoms with Gasteiger partial charge in [-0.15, -0.1) is 11.3 Å². The standard InChI is InChI=1S/C20H19FN2O2S/c1-13-2-7-18(26-13)16-10-22-11-17(16)19(24)23-9-8-20(25,12-23)14-3-5-15(21)6-4-14/h2-7,10-11,22,25H,8-9,12H2,1H3. The van der Waals surface area contributed by atoms with Crippen molar-refractivity contribution in [2.45, 2.75) is 18.9 Å². The zero-order chi connectivity index (χ0) is 18.3. The first-order chi connectivity index (χ1) is 12.5. The van der Waals surface area contributed by atoms with Crippen LogP contribution in [0.2, 0.25) is 0 Å². The fourth-order valence-electron chi connectivity index (χ4n) is 3.46. The molecule has 26 heavy (non-hydrogen) atoms. The molecule has 2 N–H and O–H groups in total. The van der Waals surface area contributed by atoms with Crippen molar-refractivity contribution >= 4 is 17.2 Å². The van der Waals surface area contributed by atoms with Gasteiger partial charge < -0.3 is 15.0 Å². The molecule has 0 saturated carbocycles. The number of aromatic amines is 1. The first-order valence-corrected chi connectivity index (χ1v) is 9.29. The molecule has 1 saturated heterocycles. The summed E-state index contributed by atoms with van der Waals surface area (Å²) < 4.78 is 13.1. The van der Waals surface area contributed by atoms with Crippen LogP contribution in [-0.4, -0.2) is 34.0 Å². The summed E-state index contributed by atoms with van der Waals surface area (Å²) in [5.41, 5.74) is 0.984. The molecular weight excluding hydrogens is 351 g/mol. The van der Waals surface area contributed by atoms with E-state index in [4.69, 9.17) is 0 Å². The van der Waals surface area contributed by atoms with Crippen LogP contribution in [0.1, 0.15) is 27.2 Å². The van der Waals surface area contributed by atoms with Gasteiger partial charge in [0.15, 0.2) is 0 Å². The lowest BCUT2D eigenvalue weighted by molar-refractivity contribution is 0.0417. The van der Waals surface area contributed by atoms with E-state index in [0.717, 1.165) is 10.4 Å². The van der Waals surface area contributed by atoms with Gasteiger partial charge >= 0.3 is 0 Å². The van der Waals surface area contributed by atoms with E-state index >= 15 is 0 Å². The van der Waals surface area contributed by atoms with Crippen LogP contribution >= 0.6 is 11.3 Å². The number of hydrogen-bond acceptors (Lipinski definition) is 3. The van der Waals surface area contributed by atoms with Crippen LogP contribution in [0, 0.1) is 12.7 Å². The first-order valence-electron chi connectivity index (χ1n) is 8.47. The highest BCUT2D eigenvalue weighted by molar-refractivity contribution is 7.15. The second kappa shape index (κ2) is 6.37. The van der Waals surface area contributed by atoms with Crippen molar-refractivity contribution in [1.82, 2.24) is 9.88 Å². The van der Waals surface area contributed by atoms with Crippen molar-refractivity contribution in [1.29, 1.82) is 0 Å². The summed E-state index contributed by atoms with van der Waals surface area (Å²) >= 11 is 1.64. The summed E-state index contributed by atoms with van der Waals surface area (Å²) in [6.45, 7) is 2.69. The van der Waals surface area contributed by atoms with Gasteiger partial charge in [0, 0.05) is 34.3 Å². The number of nitrogens with one attached hydrogen (secondary N) is 1. The predicted octanol–water partition coefficient (Wildman–Crippen LogP) is 3.92. The molecule has 0 aliphatic carbocycles. The fraction of sp³-hybridized carbons (Fsp3) is 0.250. The van der Waals surface area contributed by atoms with Crippen LogP contribution in [0.15, 0.2) is 48.8 Å². The third kappa shape index (κ3) is 2.95. The summed E-state index contributed by atoms with van der Waals surface area (Å²) in [7, 11) is 0. The van der Waals surface area contributed by atoms with Crippen molar-refractivity contribution in [3.8, 4) is 10.4 Å². The Hall–Kier alpha value is -2.44. The van der Waals surface area contributed by atoms with Gasteiger partial charge in [0.25, 0.3) is 5.91 Å². The molecule has 1 aliphatic heterocycles. The van der Waals surface area contributed by atoms with Crippen molar-refractivity contribution in [3.05, 3.63) is 70.6 Å². The van der Waals surface area contributed by atoms with Gasteiger partial charge in [-0.1, -0.05) is 12.1 Å². The number of carbonyl (C=O) groups excluding carboxylic acids is 1. The number of benzene rings is 1. The van der Waals surface area contributed by atoms with E-state index in [1.165, 1.54) is 17.0 Å². The summed E-state index contributed by atoms with van der Waals surface area (Å²) in [5.74, 6) is -0.447. The Kier molecular flexibility index (Phi) is 4.17. The van der Waals surface area contributed by atoms with Gasteiger partial charge in [-0.25, -0.2) is 4.39 Å². The monoisotopic (exact) mass is 370 g/mol. The van der Waals surface area contributed by atoms with Crippen LogP contribution in [0.5, 0.6) is 0 Å². The average molecular weight is 370 g/mol. The molecule has 0 bridgehead atoms. The number of H-pyrrole nitrogens is 1. The van der Waals surface area contributed by atoms with Crippen molar-refractivity contribution in [2.24, 2.45) is 0 Å². The maximum Gasteiger partial charge on any atom is 0.256 e. The molecular formula is C20H19FN2O2S. The van der Waals surface area contributed by atoms with Crippen LogP contribution in [0.3, 0.4) is 0 Å². The molecule has 4 rings (SSSR count). The topological polar surface area (TPSA) is 56.3 Å². The number of aliphatic hydroxyl groups is 1. The normalized spacial score (nSPS) is 19.9. The van der Waals surface area contributed by atoms with E-state index in [1.54, 1.807) is 34.6 Å². The molecule has 6 heteroatoms. The van der Waals surface area contributed by atoms with E-state index in [0.29, 0.717) is 24.1 Å². The van der Waals surface area contributed by atoms with Gasteiger partial charge in [0.2, 0.25) is 0 Å². The van der Waals surface area contributed by atoms with Crippen LogP contribution in [0.25, 0.3) is 10.4 Å². The number of halogens is 1. The molecule has 3 aromatic rings. The maximum atomic E-state index is 13.1. The zero-order valence-electron chi connectivity index (χ0n) is 14.3. The van der Waals surface area contributed by atoms with Crippen molar-refractivity contribution < 1.29 is 14.3 Å². The van der Waals surface area contributed by atoms with Gasteiger partial charge in [0.05, 0.1) is 12.1 Å². The highest BCUT2D eigenvalue weighted by atomic mass is 32.1. The molecule has 0 radical (unpaired) electrons. The minimum Gasteiger partial charge on any atom is -0.383 e. The quantitative estimate of drug-likeness (QED) is 0.734. The second-order valence-corrected chi connectivity index (χ2v) is 8.00. The molecule has 1 aliphatic rings. The number of nitrogens with zero attached hydrogens (tertiary/aromatic N) is 1. The van der Waals surface area contributed by atoms with E-state index in [2.05, 4.69) is 4.98 Å². The number of hydrogen-bond donors (Lipinski definition) is 2. The number of amides is 1. The van der Waals surface area contributed by atoms with Gasteiger partial charge in [-0.2, -0.15) is 0 Å². The largest absolute Gasteiger partial charge is 0.383 e. The van der Waals surface area contributed by atoms with Gasteiger partial charge in [0.1, 0.15) is 11.4 Å². The minimum absolute atomic E-state index is 0.106. The van der Waals surface area contributed by atoms with E-state index < -0.39 is 5.60 Å². The number of β-amino-alcohol motifs (C(OH)–C–C–N with tert-alkyl or cyclic N) is 1. The second-order valence-electron chi connectivity index (χ2n) is 6.71. The third-order valence-electron chi connectivity index (χ3n) is 4.90. The summed E-state index contributed by atoms with van der Waals surface area (Å²) in [4.78, 5) is 19.9. The molecule has 134 valence electrons. The summed E-state index contributed by atoms with van der Waals surface area (Å²) in [5, 5.41) is 10.9. The van der Waals surface area contributed by atoms with Crippen LogP contribution in [-0.2, 0) is 5.60 Å². The Labute approximate surface area is 154 Å². The maximum absolute atomic E-state index is 13.1. The third-order valence-corrected chi connectivity index (χ3v) is 5.93. The Morgan fingerprint density at radius 1 is 1.23 bits per heavy atom. The van der Waals surface area contributed by atoms with E-state index in [-0.39, 0.29) is 18.3 Å². The number of likely N-dealkylation sites (tertiary alicyclic amines) is 1. The Morgan fingerprint density at radius 2 is 2.00 bits per heavy atom. The molecule has 1 atom stereocenters. The highest BCUT2D eigenvalue weighted by Crippen LogP contribution is 2.35. The Morgan fingerprint density at radius 3 is 2.69 bits per heavy atom. The number of aryl methyl sites for hydroxylation is 1. The number of rotatable bonds is 3. The molecule has 1 aromatic carbocycles. The van der Waals surface area contributed by atoms with Crippen LogP contribution < -0.4 is 0 Å². The number of thiophene rings is 1. The lowest BCUT2D eigenvalue weighted by Crippen LogP contribution is -2.34. The van der Waals surface area contributed by atoms with Crippen molar-refractivity contribution in [3.63, 3.8) is 0 Å². The minimum atomic E-state index is -1.14. The Balaban J connectivity index is 1.57. The highest BCUT2D eigenvalue weighted by Gasteiger charge is 2.40. The summed E-state index contributed by atoms with van der Waals surface area (Å²) in [6, 6.07) is 9.88. The molecule has 1 unspecified atom stereocenters. The van der Waals surface area contributed by atoms with E-state index in [1.807, 2.05) is 25.3 Å². The number of aromatic nitrogens is 1. The molecule has 3 heterocycles. The lowest BCUT2D eigenvalue weighted by Gasteiger charge is -2.24. The Bertz CT molecular complexity index is 947. The van der Waals surface area contributed by atoms with E-state index in [9.17, 15) is 14.3 Å². The zero-order valence-corrected chi connectivity index (χ0v) is 15.1. The molecule has 1 amide bonds. The van der Waals surface area contributed by atoms with Crippen molar-refractivity contribution in [2.75, 3.05) is 13.1 Å². The molecule has 1 fully saturated rings.